The number of benzene rings is 2. The lowest BCUT2D eigenvalue weighted by molar-refractivity contribution is -0.139. The topological polar surface area (TPSA) is 105 Å². The smallest absolute Gasteiger partial charge is 0.309 e. The lowest BCUT2D eigenvalue weighted by Gasteiger charge is -2.16. The van der Waals surface area contributed by atoms with Crippen molar-refractivity contribution in [3.8, 4) is 0 Å². The Morgan fingerprint density at radius 3 is 2.29 bits per heavy atom. The van der Waals surface area contributed by atoms with Crippen molar-refractivity contribution in [3.05, 3.63) is 89.1 Å². The largest absolute Gasteiger partial charge is 0.468 e. The van der Waals surface area contributed by atoms with Crippen LogP contribution in [-0.2, 0) is 26.0 Å². The Morgan fingerprint density at radius 1 is 0.968 bits per heavy atom. The Morgan fingerprint density at radius 2 is 1.65 bits per heavy atom. The maximum absolute atomic E-state index is 13.6. The minimum Gasteiger partial charge on any atom is -0.468 e. The van der Waals surface area contributed by atoms with Gasteiger partial charge in [0.1, 0.15) is 16.8 Å². The molecular weight excluding hydrogens is 447 g/mol. The molecular formula is C21H18ClFN2O5S. The molecule has 3 rings (SSSR count). The first-order valence-electron chi connectivity index (χ1n) is 9.11. The fourth-order valence-corrected chi connectivity index (χ4v) is 4.50. The van der Waals surface area contributed by atoms with E-state index < -0.39 is 39.3 Å². The molecule has 1 atom stereocenters. The first kappa shape index (κ1) is 22.5. The van der Waals surface area contributed by atoms with Crippen LogP contribution in [0.2, 0.25) is 5.02 Å². The van der Waals surface area contributed by atoms with Gasteiger partial charge in [-0.1, -0.05) is 29.8 Å². The summed E-state index contributed by atoms with van der Waals surface area (Å²) in [5.41, 5.74) is 0.211. The van der Waals surface area contributed by atoms with E-state index in [4.69, 9.17) is 16.0 Å². The van der Waals surface area contributed by atoms with E-state index >= 15 is 0 Å². The van der Waals surface area contributed by atoms with Crippen LogP contribution in [0.5, 0.6) is 0 Å². The third kappa shape index (κ3) is 5.50. The third-order valence-corrected chi connectivity index (χ3v) is 6.76. The highest BCUT2D eigenvalue weighted by Crippen LogP contribution is 2.29. The zero-order chi connectivity index (χ0) is 22.4. The van der Waals surface area contributed by atoms with E-state index in [-0.39, 0.29) is 22.8 Å². The molecule has 2 N–H and O–H groups in total. The van der Waals surface area contributed by atoms with Crippen LogP contribution in [0.25, 0.3) is 0 Å². The quantitative estimate of drug-likeness (QED) is 0.523. The fourth-order valence-electron chi connectivity index (χ4n) is 2.79. The lowest BCUT2D eigenvalue weighted by atomic mass is 10.2. The van der Waals surface area contributed by atoms with Gasteiger partial charge >= 0.3 is 11.8 Å². The summed E-state index contributed by atoms with van der Waals surface area (Å²) in [5, 5.41) is 3.69. The van der Waals surface area contributed by atoms with Crippen LogP contribution in [0.4, 0.5) is 4.39 Å². The predicted molar refractivity (Wildman–Crippen MR) is 111 cm³/mol. The normalized spacial score (nSPS) is 12.2. The van der Waals surface area contributed by atoms with Gasteiger partial charge < -0.3 is 15.1 Å². The van der Waals surface area contributed by atoms with Gasteiger partial charge in [0.15, 0.2) is 9.84 Å². The zero-order valence-corrected chi connectivity index (χ0v) is 17.6. The molecule has 2 amide bonds. The average Bonchev–Trinajstić information content (AvgIpc) is 3.27. The average molecular weight is 465 g/mol. The Balaban J connectivity index is 1.69. The zero-order valence-electron chi connectivity index (χ0n) is 16.0. The first-order valence-corrected chi connectivity index (χ1v) is 11.0. The molecule has 0 bridgehead atoms. The molecule has 0 spiro atoms. The van der Waals surface area contributed by atoms with Crippen molar-refractivity contribution in [1.82, 2.24) is 10.6 Å². The van der Waals surface area contributed by atoms with Crippen LogP contribution in [0, 0.1) is 5.82 Å². The number of nitrogens with one attached hydrogen (secondary N) is 2. The summed E-state index contributed by atoms with van der Waals surface area (Å²) < 4.78 is 45.0. The number of amides is 2. The molecule has 0 fully saturated rings. The molecule has 3 aromatic rings. The van der Waals surface area contributed by atoms with E-state index in [1.54, 1.807) is 6.07 Å². The first-order chi connectivity index (χ1) is 14.8. The Labute approximate surface area is 183 Å². The molecule has 0 aliphatic heterocycles. The number of hydrogen-bond donors (Lipinski definition) is 2. The maximum atomic E-state index is 13.6. The van der Waals surface area contributed by atoms with E-state index in [9.17, 15) is 22.4 Å². The molecule has 31 heavy (non-hydrogen) atoms. The lowest BCUT2D eigenvalue weighted by Crippen LogP contribution is -2.42. The molecule has 0 saturated carbocycles. The molecule has 7 nitrogen and oxygen atoms in total. The molecule has 1 aromatic heterocycles. The van der Waals surface area contributed by atoms with Crippen molar-refractivity contribution in [3.63, 3.8) is 0 Å². The second-order valence-corrected chi connectivity index (χ2v) is 9.05. The molecule has 10 heteroatoms. The number of sulfone groups is 1. The summed E-state index contributed by atoms with van der Waals surface area (Å²) in [5.74, 6) is -2.50. The Kier molecular flexibility index (Phi) is 7.09. The van der Waals surface area contributed by atoms with Crippen LogP contribution in [0.1, 0.15) is 16.6 Å². The molecule has 0 aliphatic rings. The highest BCUT2D eigenvalue weighted by atomic mass is 35.5. The molecule has 2 aromatic carbocycles. The van der Waals surface area contributed by atoms with Crippen LogP contribution < -0.4 is 10.6 Å². The van der Waals surface area contributed by atoms with Crippen molar-refractivity contribution < 1.29 is 26.8 Å². The van der Waals surface area contributed by atoms with Gasteiger partial charge in [-0.2, -0.15) is 0 Å². The van der Waals surface area contributed by atoms with E-state index in [1.807, 2.05) is 0 Å². The van der Waals surface area contributed by atoms with Gasteiger partial charge in [0.25, 0.3) is 0 Å². The molecule has 0 aliphatic carbocycles. The van der Waals surface area contributed by atoms with E-state index in [2.05, 4.69) is 10.6 Å². The highest BCUT2D eigenvalue weighted by Gasteiger charge is 2.32. The number of halogens is 2. The summed E-state index contributed by atoms with van der Waals surface area (Å²) in [6.07, 6.45) is 1.31. The summed E-state index contributed by atoms with van der Waals surface area (Å²) in [4.78, 5) is 24.2. The number of hydrogen-bond acceptors (Lipinski definition) is 5. The number of carbonyl (C=O) groups excluding carboxylic acids is 2. The molecule has 1 heterocycles. The minimum absolute atomic E-state index is 0.0171. The summed E-state index contributed by atoms with van der Waals surface area (Å²) in [6.45, 7) is -0.603. The van der Waals surface area contributed by atoms with E-state index in [1.165, 1.54) is 60.9 Å². The van der Waals surface area contributed by atoms with Crippen molar-refractivity contribution in [1.29, 1.82) is 0 Å². The summed E-state index contributed by atoms with van der Waals surface area (Å²) >= 11 is 5.82. The molecule has 0 unspecified atom stereocenters. The number of rotatable bonds is 7. The molecule has 162 valence electrons. The fraction of sp³-hybridized carbons (Fsp3) is 0.143. The second-order valence-electron chi connectivity index (χ2n) is 6.49. The van der Waals surface area contributed by atoms with Gasteiger partial charge in [-0.25, -0.2) is 12.8 Å². The third-order valence-electron chi connectivity index (χ3n) is 4.43. The van der Waals surface area contributed by atoms with Gasteiger partial charge in [-0.05, 0) is 42.5 Å². The van der Waals surface area contributed by atoms with Crippen LogP contribution in [0.15, 0.2) is 76.2 Å². The monoisotopic (exact) mass is 464 g/mol. The van der Waals surface area contributed by atoms with E-state index in [0.29, 0.717) is 5.02 Å². The molecule has 0 saturated heterocycles. The number of furan rings is 1. The SMILES string of the molecule is O=C(NCc1ccccc1F)C(=O)NC[C@H](c1ccco1)S(=O)(=O)c1ccc(Cl)cc1. The standard InChI is InChI=1S/C21H18ClFN2O5S/c22-15-7-9-16(10-8-15)31(28,29)19(18-6-3-11-30-18)13-25-21(27)20(26)24-12-14-4-1-2-5-17(14)23/h1-11,19H,12-13H2,(H,24,26)(H,25,27)/t19-/m1/s1. The van der Waals surface area contributed by atoms with Gasteiger partial charge in [-0.15, -0.1) is 0 Å². The number of carbonyl (C=O) groups is 2. The summed E-state index contributed by atoms with van der Waals surface area (Å²) in [7, 11) is -3.97. The van der Waals surface area contributed by atoms with Gasteiger partial charge in [-0.3, -0.25) is 9.59 Å². The second kappa shape index (κ2) is 9.76. The van der Waals surface area contributed by atoms with Crippen LogP contribution in [0.3, 0.4) is 0 Å². The predicted octanol–water partition coefficient (Wildman–Crippen LogP) is 3.02. The Bertz CT molecular complexity index is 1160. The van der Waals surface area contributed by atoms with Crippen molar-refractivity contribution >= 4 is 33.3 Å². The van der Waals surface area contributed by atoms with Crippen molar-refractivity contribution in [2.75, 3.05) is 6.54 Å². The Hall–Kier alpha value is -3.17. The van der Waals surface area contributed by atoms with Crippen LogP contribution in [-0.4, -0.2) is 26.8 Å². The maximum Gasteiger partial charge on any atom is 0.309 e. The minimum atomic E-state index is -3.97. The van der Waals surface area contributed by atoms with E-state index in [0.717, 1.165) is 0 Å². The van der Waals surface area contributed by atoms with Gasteiger partial charge in [0, 0.05) is 23.7 Å². The van der Waals surface area contributed by atoms with Gasteiger partial charge in [0.2, 0.25) is 0 Å². The van der Waals surface area contributed by atoms with Crippen molar-refractivity contribution in [2.45, 2.75) is 16.7 Å². The van der Waals surface area contributed by atoms with Crippen LogP contribution >= 0.6 is 11.6 Å². The highest BCUT2D eigenvalue weighted by molar-refractivity contribution is 7.91. The van der Waals surface area contributed by atoms with Crippen molar-refractivity contribution in [2.24, 2.45) is 0 Å². The summed E-state index contributed by atoms with van der Waals surface area (Å²) in [6, 6.07) is 14.3. The van der Waals surface area contributed by atoms with Gasteiger partial charge in [0.05, 0.1) is 11.2 Å². The molecule has 0 radical (unpaired) electrons.